The van der Waals surface area contributed by atoms with Gasteiger partial charge >= 0.3 is 6.09 Å². The molecule has 7 nitrogen and oxygen atoms in total. The number of furan rings is 1. The normalized spacial score (nSPS) is 12.1. The van der Waals surface area contributed by atoms with Crippen LogP contribution in [0.4, 0.5) is 4.79 Å². The third kappa shape index (κ3) is 5.45. The molecule has 0 bridgehead atoms. The fraction of sp³-hybridized carbons (Fsp3) is 0.550. The van der Waals surface area contributed by atoms with Gasteiger partial charge in [0, 0.05) is 18.3 Å². The lowest BCUT2D eigenvalue weighted by molar-refractivity contribution is 0.0501. The molecule has 148 valence electrons. The van der Waals surface area contributed by atoms with Crippen LogP contribution in [-0.4, -0.2) is 34.7 Å². The molecule has 27 heavy (non-hydrogen) atoms. The lowest BCUT2D eigenvalue weighted by Crippen LogP contribution is -2.55. The van der Waals surface area contributed by atoms with Crippen LogP contribution in [-0.2, 0) is 4.74 Å². The molecule has 2 amide bonds. The monoisotopic (exact) mass is 375 g/mol. The summed E-state index contributed by atoms with van der Waals surface area (Å²) in [7, 11) is 0. The fourth-order valence-electron chi connectivity index (χ4n) is 2.72. The molecular formula is C20H29N3O4. The first-order valence-corrected chi connectivity index (χ1v) is 9.24. The molecule has 2 heterocycles. The van der Waals surface area contributed by atoms with Gasteiger partial charge in [-0.15, -0.1) is 0 Å². The van der Waals surface area contributed by atoms with Crippen LogP contribution >= 0.6 is 0 Å². The van der Waals surface area contributed by atoms with E-state index in [1.807, 2.05) is 26.8 Å². The summed E-state index contributed by atoms with van der Waals surface area (Å²) in [4.78, 5) is 29.1. The number of carbonyl (C=O) groups excluding carboxylic acids is 2. The average molecular weight is 375 g/mol. The van der Waals surface area contributed by atoms with Gasteiger partial charge in [0.15, 0.2) is 11.3 Å². The number of nitrogens with one attached hydrogen (secondary N) is 2. The highest BCUT2D eigenvalue weighted by Crippen LogP contribution is 2.20. The van der Waals surface area contributed by atoms with E-state index in [-0.39, 0.29) is 18.2 Å². The lowest BCUT2D eigenvalue weighted by Gasteiger charge is -2.33. The maximum atomic E-state index is 12.7. The van der Waals surface area contributed by atoms with E-state index in [1.165, 1.54) is 0 Å². The summed E-state index contributed by atoms with van der Waals surface area (Å²) in [5.74, 6) is -0.132. The van der Waals surface area contributed by atoms with E-state index in [4.69, 9.17) is 9.15 Å². The van der Waals surface area contributed by atoms with Crippen LogP contribution in [0.15, 0.2) is 22.6 Å². The van der Waals surface area contributed by atoms with Crippen LogP contribution < -0.4 is 10.6 Å². The number of ether oxygens (including phenoxy) is 1. The van der Waals surface area contributed by atoms with E-state index in [1.54, 1.807) is 32.9 Å². The van der Waals surface area contributed by atoms with Gasteiger partial charge in [-0.1, -0.05) is 13.8 Å². The highest BCUT2D eigenvalue weighted by molar-refractivity contribution is 5.95. The molecule has 0 atom stereocenters. The Kier molecular flexibility index (Phi) is 6.13. The minimum absolute atomic E-state index is 0.201. The summed E-state index contributed by atoms with van der Waals surface area (Å²) in [5.41, 5.74) is 0.888. The summed E-state index contributed by atoms with van der Waals surface area (Å²) in [5, 5.41) is 5.76. The largest absolute Gasteiger partial charge is 0.449 e. The Labute approximate surface area is 159 Å². The smallest absolute Gasteiger partial charge is 0.407 e. The molecule has 0 aliphatic heterocycles. The Morgan fingerprint density at radius 3 is 2.44 bits per heavy atom. The second kappa shape index (κ2) is 7.98. The zero-order chi connectivity index (χ0) is 20.2. The summed E-state index contributed by atoms with van der Waals surface area (Å²) in [6.07, 6.45) is 0.775. The van der Waals surface area contributed by atoms with Crippen molar-refractivity contribution >= 4 is 23.1 Å². The van der Waals surface area contributed by atoms with Crippen molar-refractivity contribution in [1.29, 1.82) is 0 Å². The van der Waals surface area contributed by atoms with Crippen LogP contribution in [0.2, 0.25) is 0 Å². The Morgan fingerprint density at radius 1 is 1.19 bits per heavy atom. The van der Waals surface area contributed by atoms with Crippen LogP contribution in [0.25, 0.3) is 11.1 Å². The van der Waals surface area contributed by atoms with Crippen molar-refractivity contribution in [3.05, 3.63) is 29.7 Å². The van der Waals surface area contributed by atoms with E-state index < -0.39 is 17.2 Å². The number of aryl methyl sites for hydroxylation is 1. The number of fused-ring (bicyclic) bond motifs is 1. The molecule has 0 aliphatic rings. The van der Waals surface area contributed by atoms with Gasteiger partial charge in [0.25, 0.3) is 5.91 Å². The van der Waals surface area contributed by atoms with Crippen LogP contribution in [0.3, 0.4) is 0 Å². The third-order valence-corrected chi connectivity index (χ3v) is 4.44. The Bertz CT molecular complexity index is 816. The molecular weight excluding hydrogens is 346 g/mol. The molecule has 2 rings (SSSR count). The maximum absolute atomic E-state index is 12.7. The van der Waals surface area contributed by atoms with Crippen molar-refractivity contribution in [3.63, 3.8) is 0 Å². The zero-order valence-electron chi connectivity index (χ0n) is 16.9. The molecule has 0 aromatic carbocycles. The Hall–Kier alpha value is -2.57. The number of pyridine rings is 1. The zero-order valence-corrected chi connectivity index (χ0v) is 16.9. The maximum Gasteiger partial charge on any atom is 0.407 e. The van der Waals surface area contributed by atoms with Crippen molar-refractivity contribution in [1.82, 2.24) is 15.6 Å². The number of hydrogen-bond acceptors (Lipinski definition) is 5. The number of aromatic nitrogens is 1. The number of nitrogens with zero attached hydrogens (tertiary/aromatic N) is 1. The highest BCUT2D eigenvalue weighted by Gasteiger charge is 2.31. The lowest BCUT2D eigenvalue weighted by atomic mass is 9.92. The first kappa shape index (κ1) is 20.7. The van der Waals surface area contributed by atoms with Gasteiger partial charge in [-0.2, -0.15) is 0 Å². The summed E-state index contributed by atoms with van der Waals surface area (Å²) < 4.78 is 10.9. The molecule has 2 aromatic rings. The van der Waals surface area contributed by atoms with E-state index in [0.717, 1.165) is 5.69 Å². The second-order valence-electron chi connectivity index (χ2n) is 7.74. The topological polar surface area (TPSA) is 93.5 Å². The fourth-order valence-corrected chi connectivity index (χ4v) is 2.72. The van der Waals surface area contributed by atoms with E-state index in [2.05, 4.69) is 15.6 Å². The summed E-state index contributed by atoms with van der Waals surface area (Å²) in [6, 6.07) is 5.26. The van der Waals surface area contributed by atoms with Gasteiger partial charge in [-0.3, -0.25) is 4.79 Å². The van der Waals surface area contributed by atoms with Crippen LogP contribution in [0.5, 0.6) is 0 Å². The third-order valence-electron chi connectivity index (χ3n) is 4.44. The number of alkyl carbamates (subject to hydrolysis) is 1. The van der Waals surface area contributed by atoms with Gasteiger partial charge in [-0.05, 0) is 52.7 Å². The molecule has 2 aromatic heterocycles. The molecule has 0 saturated carbocycles. The SMILES string of the molecule is CCC(CC)(CNC(=O)OC(C)(C)C)NC(=O)c1cc2nc(C)ccc2o1. The Balaban J connectivity index is 2.10. The van der Waals surface area contributed by atoms with Crippen molar-refractivity contribution in [2.75, 3.05) is 6.54 Å². The van der Waals surface area contributed by atoms with E-state index in [0.29, 0.717) is 23.9 Å². The number of hydrogen-bond donors (Lipinski definition) is 2. The molecule has 0 spiro atoms. The van der Waals surface area contributed by atoms with Gasteiger partial charge in [0.05, 0.1) is 5.54 Å². The van der Waals surface area contributed by atoms with Crippen molar-refractivity contribution in [3.8, 4) is 0 Å². The molecule has 0 aliphatic carbocycles. The van der Waals surface area contributed by atoms with E-state index >= 15 is 0 Å². The second-order valence-corrected chi connectivity index (χ2v) is 7.74. The highest BCUT2D eigenvalue weighted by atomic mass is 16.6. The molecule has 2 N–H and O–H groups in total. The predicted octanol–water partition coefficient (Wildman–Crippen LogP) is 3.95. The molecule has 0 saturated heterocycles. The molecule has 0 radical (unpaired) electrons. The molecule has 0 fully saturated rings. The summed E-state index contributed by atoms with van der Waals surface area (Å²) in [6.45, 7) is 11.5. The van der Waals surface area contributed by atoms with Gasteiger partial charge in [0.2, 0.25) is 0 Å². The van der Waals surface area contributed by atoms with Gasteiger partial charge < -0.3 is 19.8 Å². The van der Waals surface area contributed by atoms with Crippen molar-refractivity contribution in [2.45, 2.75) is 65.5 Å². The molecule has 7 heteroatoms. The number of rotatable bonds is 6. The van der Waals surface area contributed by atoms with Crippen molar-refractivity contribution in [2.24, 2.45) is 0 Å². The standard InChI is InChI=1S/C20H29N3O4/c1-7-20(8-2,12-21-18(25)27-19(4,5)6)23-17(24)16-11-14-15(26-16)10-9-13(3)22-14/h9-11H,7-8,12H2,1-6H3,(H,21,25)(H,23,24). The first-order chi connectivity index (χ1) is 12.6. The van der Waals surface area contributed by atoms with Crippen LogP contribution in [0.1, 0.15) is 63.7 Å². The van der Waals surface area contributed by atoms with E-state index in [9.17, 15) is 9.59 Å². The van der Waals surface area contributed by atoms with Crippen molar-refractivity contribution < 1.29 is 18.7 Å². The minimum atomic E-state index is -0.601. The Morgan fingerprint density at radius 2 is 1.85 bits per heavy atom. The van der Waals surface area contributed by atoms with Crippen LogP contribution in [0, 0.1) is 6.92 Å². The quantitative estimate of drug-likeness (QED) is 0.797. The van der Waals surface area contributed by atoms with Gasteiger partial charge in [0.1, 0.15) is 11.1 Å². The van der Waals surface area contributed by atoms with Gasteiger partial charge in [-0.25, -0.2) is 9.78 Å². The number of amides is 2. The predicted molar refractivity (Wildman–Crippen MR) is 104 cm³/mol. The first-order valence-electron chi connectivity index (χ1n) is 9.24. The minimum Gasteiger partial charge on any atom is -0.449 e. The number of carbonyl (C=O) groups is 2. The summed E-state index contributed by atoms with van der Waals surface area (Å²) >= 11 is 0. The molecule has 0 unspecified atom stereocenters. The average Bonchev–Trinajstić information content (AvgIpc) is 3.00.